The van der Waals surface area contributed by atoms with Crippen LogP contribution < -0.4 is 5.73 Å². The summed E-state index contributed by atoms with van der Waals surface area (Å²) in [5, 5.41) is 0. The summed E-state index contributed by atoms with van der Waals surface area (Å²) in [6, 6.07) is 0. The van der Waals surface area contributed by atoms with Crippen LogP contribution in [0.15, 0.2) is 60.8 Å². The molecule has 2 atom stereocenters. The lowest BCUT2D eigenvalue weighted by Crippen LogP contribution is -2.29. The molecule has 2 unspecified atom stereocenters. The maximum absolute atomic E-state index is 12.6. The van der Waals surface area contributed by atoms with Crippen molar-refractivity contribution in [1.29, 1.82) is 0 Å². The van der Waals surface area contributed by atoms with Crippen LogP contribution in [0.2, 0.25) is 0 Å². The number of phosphoric ester groups is 1. The van der Waals surface area contributed by atoms with Crippen LogP contribution in [0.3, 0.4) is 0 Å². The lowest BCUT2D eigenvalue weighted by atomic mass is 10.0. The average Bonchev–Trinajstić information content (AvgIpc) is 3.38. The summed E-state index contributed by atoms with van der Waals surface area (Å²) in [5.74, 6) is -0.915. The zero-order valence-corrected chi connectivity index (χ0v) is 48.5. The lowest BCUT2D eigenvalue weighted by molar-refractivity contribution is -0.161. The third-order valence-corrected chi connectivity index (χ3v) is 14.4. The Hall–Kier alpha value is -2.29. The Morgan fingerprint density at radius 2 is 0.781 bits per heavy atom. The molecule has 0 aromatic carbocycles. The molecular formula is C63H116NO8P. The predicted molar refractivity (Wildman–Crippen MR) is 312 cm³/mol. The molecule has 0 aromatic heterocycles. The predicted octanol–water partition coefficient (Wildman–Crippen LogP) is 19.5. The maximum Gasteiger partial charge on any atom is 0.472 e. The second kappa shape index (κ2) is 59.0. The minimum atomic E-state index is -4.40. The number of esters is 2. The van der Waals surface area contributed by atoms with Gasteiger partial charge in [-0.2, -0.15) is 0 Å². The van der Waals surface area contributed by atoms with Crippen molar-refractivity contribution in [3.05, 3.63) is 60.8 Å². The molecule has 0 heterocycles. The summed E-state index contributed by atoms with van der Waals surface area (Å²) < 4.78 is 32.8. The van der Waals surface area contributed by atoms with E-state index in [1.54, 1.807) is 0 Å². The Kier molecular flexibility index (Phi) is 57.1. The van der Waals surface area contributed by atoms with Crippen LogP contribution in [0.25, 0.3) is 0 Å². The molecular weight excluding hydrogens is 930 g/mol. The number of nitrogens with two attached hydrogens (primary N) is 1. The van der Waals surface area contributed by atoms with E-state index >= 15 is 0 Å². The third-order valence-electron chi connectivity index (χ3n) is 13.4. The van der Waals surface area contributed by atoms with Gasteiger partial charge in [-0.15, -0.1) is 0 Å². The van der Waals surface area contributed by atoms with E-state index in [2.05, 4.69) is 62.5 Å². The summed E-state index contributed by atoms with van der Waals surface area (Å²) in [5.41, 5.74) is 5.36. The van der Waals surface area contributed by atoms with Crippen molar-refractivity contribution in [2.24, 2.45) is 5.73 Å². The molecule has 0 bridgehead atoms. The van der Waals surface area contributed by atoms with Gasteiger partial charge in [-0.3, -0.25) is 18.6 Å². The van der Waals surface area contributed by atoms with Crippen molar-refractivity contribution < 1.29 is 37.6 Å². The van der Waals surface area contributed by atoms with Crippen molar-refractivity contribution in [3.63, 3.8) is 0 Å². The first kappa shape index (κ1) is 70.7. The van der Waals surface area contributed by atoms with Gasteiger partial charge in [-0.1, -0.05) is 280 Å². The highest BCUT2D eigenvalue weighted by molar-refractivity contribution is 7.47. The number of hydrogen-bond acceptors (Lipinski definition) is 8. The fraction of sp³-hybridized carbons (Fsp3) is 0.810. The fourth-order valence-electron chi connectivity index (χ4n) is 8.88. The molecule has 10 heteroatoms. The van der Waals surface area contributed by atoms with Gasteiger partial charge in [-0.05, 0) is 64.2 Å². The molecule has 3 N–H and O–H groups in total. The number of phosphoric acid groups is 1. The van der Waals surface area contributed by atoms with E-state index in [0.29, 0.717) is 6.42 Å². The molecule has 0 amide bonds. The lowest BCUT2D eigenvalue weighted by Gasteiger charge is -2.19. The molecule has 0 radical (unpaired) electrons. The summed E-state index contributed by atoms with van der Waals surface area (Å²) in [6.07, 6.45) is 75.0. The van der Waals surface area contributed by atoms with E-state index in [1.807, 2.05) is 12.2 Å². The van der Waals surface area contributed by atoms with Crippen molar-refractivity contribution in [2.45, 2.75) is 302 Å². The number of unbranched alkanes of at least 4 members (excludes halogenated alkanes) is 35. The Labute approximate surface area is 450 Å². The van der Waals surface area contributed by atoms with E-state index in [1.165, 1.54) is 218 Å². The van der Waals surface area contributed by atoms with Gasteiger partial charge in [-0.25, -0.2) is 4.57 Å². The molecule has 73 heavy (non-hydrogen) atoms. The highest BCUT2D eigenvalue weighted by Crippen LogP contribution is 2.43. The van der Waals surface area contributed by atoms with Gasteiger partial charge in [0, 0.05) is 19.4 Å². The van der Waals surface area contributed by atoms with Crippen molar-refractivity contribution in [1.82, 2.24) is 0 Å². The van der Waals surface area contributed by atoms with Crippen molar-refractivity contribution >= 4 is 19.8 Å². The van der Waals surface area contributed by atoms with E-state index < -0.39 is 32.5 Å². The second-order valence-electron chi connectivity index (χ2n) is 20.5. The van der Waals surface area contributed by atoms with Crippen LogP contribution in [0, 0.1) is 0 Å². The molecule has 9 nitrogen and oxygen atoms in total. The molecule has 0 aliphatic carbocycles. The number of ether oxygens (including phenoxy) is 2. The van der Waals surface area contributed by atoms with Crippen LogP contribution in [0.1, 0.15) is 296 Å². The molecule has 0 rings (SSSR count). The van der Waals surface area contributed by atoms with Gasteiger partial charge < -0.3 is 20.1 Å². The smallest absolute Gasteiger partial charge is 0.462 e. The molecule has 426 valence electrons. The standard InChI is InChI=1S/C63H116NO8P/c1-3-5-7-9-11-13-15-17-18-19-20-21-22-23-24-25-26-27-28-29-30-31-32-33-34-35-36-37-38-39-40-41-42-44-45-47-49-51-53-55-62(65)69-59-61(60-71-73(67,68)70-58-57-64)72-63(66)56-54-52-50-48-46-43-16-14-12-10-8-6-4-2/h6,8,12,14,19-20,43,46,50,52,61H,3-5,7,9-11,13,15-18,21-42,44-45,47-49,51,53-60,64H2,1-2H3,(H,67,68)/b8-6-,14-12-,20-19-,46-43-,52-50-. The Balaban J connectivity index is 3.73. The highest BCUT2D eigenvalue weighted by Gasteiger charge is 2.26. The zero-order chi connectivity index (χ0) is 53.1. The van der Waals surface area contributed by atoms with Crippen LogP contribution in [0.4, 0.5) is 0 Å². The van der Waals surface area contributed by atoms with Gasteiger partial charge >= 0.3 is 19.8 Å². The first-order valence-electron chi connectivity index (χ1n) is 30.8. The van der Waals surface area contributed by atoms with E-state index in [9.17, 15) is 19.0 Å². The van der Waals surface area contributed by atoms with Crippen LogP contribution in [0.5, 0.6) is 0 Å². The Bertz CT molecular complexity index is 1380. The molecule has 0 saturated carbocycles. The molecule has 0 fully saturated rings. The Morgan fingerprint density at radius 3 is 1.18 bits per heavy atom. The summed E-state index contributed by atoms with van der Waals surface area (Å²) in [7, 11) is -4.40. The van der Waals surface area contributed by atoms with Gasteiger partial charge in [0.05, 0.1) is 13.2 Å². The topological polar surface area (TPSA) is 134 Å². The monoisotopic (exact) mass is 1050 g/mol. The first-order chi connectivity index (χ1) is 35.8. The molecule has 0 aliphatic heterocycles. The minimum Gasteiger partial charge on any atom is -0.462 e. The summed E-state index contributed by atoms with van der Waals surface area (Å²) >= 11 is 0. The van der Waals surface area contributed by atoms with E-state index in [0.717, 1.165) is 44.9 Å². The quantitative estimate of drug-likeness (QED) is 0.0264. The van der Waals surface area contributed by atoms with Crippen LogP contribution >= 0.6 is 7.82 Å². The van der Waals surface area contributed by atoms with Gasteiger partial charge in [0.15, 0.2) is 6.10 Å². The summed E-state index contributed by atoms with van der Waals surface area (Å²) in [6.45, 7) is 3.56. The van der Waals surface area contributed by atoms with E-state index in [-0.39, 0.29) is 32.6 Å². The van der Waals surface area contributed by atoms with Crippen molar-refractivity contribution in [2.75, 3.05) is 26.4 Å². The number of rotatable bonds is 58. The van der Waals surface area contributed by atoms with Crippen LogP contribution in [-0.4, -0.2) is 49.3 Å². The molecule has 0 aliphatic rings. The minimum absolute atomic E-state index is 0.0421. The third kappa shape index (κ3) is 58.8. The van der Waals surface area contributed by atoms with E-state index in [4.69, 9.17) is 24.3 Å². The van der Waals surface area contributed by atoms with Crippen molar-refractivity contribution in [3.8, 4) is 0 Å². The number of carbonyl (C=O) groups excluding carboxylic acids is 2. The largest absolute Gasteiger partial charge is 0.472 e. The average molecular weight is 1050 g/mol. The molecule has 0 aromatic rings. The molecule has 0 saturated heterocycles. The normalized spacial score (nSPS) is 13.4. The van der Waals surface area contributed by atoms with Crippen LogP contribution in [-0.2, 0) is 32.7 Å². The van der Waals surface area contributed by atoms with Gasteiger partial charge in [0.2, 0.25) is 0 Å². The Morgan fingerprint density at radius 1 is 0.425 bits per heavy atom. The SMILES string of the molecule is CC/C=C\C/C=C\C/C=C\C/C=C\CCC(=O)OC(COC(=O)CCCCCCCCCCCCCCCCCCCCCCCCCCCCC/C=C\CCCCCCCCCC)COP(=O)(O)OCCN. The second-order valence-corrected chi connectivity index (χ2v) is 22.0. The van der Waals surface area contributed by atoms with Gasteiger partial charge in [0.25, 0.3) is 0 Å². The maximum atomic E-state index is 12.6. The number of allylic oxidation sites excluding steroid dienone is 10. The summed E-state index contributed by atoms with van der Waals surface area (Å²) in [4.78, 5) is 35.0. The fourth-order valence-corrected chi connectivity index (χ4v) is 9.65. The first-order valence-corrected chi connectivity index (χ1v) is 32.3. The zero-order valence-electron chi connectivity index (χ0n) is 47.6. The number of carbonyl (C=O) groups is 2. The van der Waals surface area contributed by atoms with Gasteiger partial charge in [0.1, 0.15) is 6.61 Å². The molecule has 0 spiro atoms. The number of hydrogen-bond donors (Lipinski definition) is 2. The highest BCUT2D eigenvalue weighted by atomic mass is 31.2.